The Kier molecular flexibility index (Phi) is 4.28. The molecule has 5 nitrogen and oxygen atoms in total. The topological polar surface area (TPSA) is 58.7 Å². The maximum Gasteiger partial charge on any atom is 0.278 e. The van der Waals surface area contributed by atoms with Gasteiger partial charge in [0.1, 0.15) is 0 Å². The Hall–Kier alpha value is -1.91. The fourth-order valence-electron chi connectivity index (χ4n) is 2.08. The van der Waals surface area contributed by atoms with E-state index in [2.05, 4.69) is 5.10 Å². The molecule has 1 aliphatic heterocycles. The van der Waals surface area contributed by atoms with Crippen LogP contribution in [0, 0.1) is 10.1 Å². The molecule has 0 aromatic heterocycles. The summed E-state index contributed by atoms with van der Waals surface area (Å²) in [6.07, 6.45) is 6.39. The zero-order valence-corrected chi connectivity index (χ0v) is 10.3. The molecule has 0 spiro atoms. The Morgan fingerprint density at radius 2 is 1.83 bits per heavy atom. The molecule has 0 atom stereocenters. The second kappa shape index (κ2) is 6.14. The van der Waals surface area contributed by atoms with Gasteiger partial charge in [-0.15, -0.1) is 0 Å². The first-order valence-corrected chi connectivity index (χ1v) is 6.30. The Balaban J connectivity index is 2.10. The molecule has 1 heterocycles. The average Bonchev–Trinajstić information content (AvgIpc) is 2.65. The summed E-state index contributed by atoms with van der Waals surface area (Å²) >= 11 is 0. The predicted octanol–water partition coefficient (Wildman–Crippen LogP) is 2.80. The minimum Gasteiger partial charge on any atom is -0.297 e. The number of nitro benzene ring substituents is 1. The Labute approximate surface area is 106 Å². The van der Waals surface area contributed by atoms with E-state index in [1.165, 1.54) is 18.9 Å². The first-order chi connectivity index (χ1) is 8.77. The van der Waals surface area contributed by atoms with E-state index < -0.39 is 0 Å². The van der Waals surface area contributed by atoms with Crippen LogP contribution in [-0.2, 0) is 0 Å². The number of benzene rings is 1. The van der Waals surface area contributed by atoms with Gasteiger partial charge in [-0.25, -0.2) is 0 Å². The van der Waals surface area contributed by atoms with Gasteiger partial charge < -0.3 is 0 Å². The molecular formula is C13H17N3O2. The van der Waals surface area contributed by atoms with Crippen LogP contribution < -0.4 is 0 Å². The number of nitro groups is 1. The SMILES string of the molecule is O=[N+]([O-])c1ccccc1/C=N/N1CCCCCC1. The predicted molar refractivity (Wildman–Crippen MR) is 70.7 cm³/mol. The maximum absolute atomic E-state index is 10.9. The van der Waals surface area contributed by atoms with Crippen LogP contribution in [0.2, 0.25) is 0 Å². The van der Waals surface area contributed by atoms with Crippen LogP contribution in [0.5, 0.6) is 0 Å². The van der Waals surface area contributed by atoms with E-state index in [4.69, 9.17) is 0 Å². The van der Waals surface area contributed by atoms with Crippen molar-refractivity contribution in [3.63, 3.8) is 0 Å². The van der Waals surface area contributed by atoms with Crippen molar-refractivity contribution in [2.45, 2.75) is 25.7 Å². The monoisotopic (exact) mass is 247 g/mol. The maximum atomic E-state index is 10.9. The van der Waals surface area contributed by atoms with Crippen LogP contribution in [0.15, 0.2) is 29.4 Å². The molecule has 0 saturated carbocycles. The van der Waals surface area contributed by atoms with Crippen molar-refractivity contribution in [1.82, 2.24) is 5.01 Å². The third kappa shape index (κ3) is 3.29. The van der Waals surface area contributed by atoms with E-state index in [0.29, 0.717) is 5.56 Å². The Morgan fingerprint density at radius 1 is 1.17 bits per heavy atom. The first kappa shape index (κ1) is 12.5. The summed E-state index contributed by atoms with van der Waals surface area (Å²) in [6.45, 7) is 1.88. The Bertz CT molecular complexity index is 438. The van der Waals surface area contributed by atoms with Gasteiger partial charge in [0.2, 0.25) is 0 Å². The highest BCUT2D eigenvalue weighted by Gasteiger charge is 2.11. The third-order valence-corrected chi connectivity index (χ3v) is 3.08. The molecule has 2 rings (SSSR count). The number of hydrazone groups is 1. The second-order valence-corrected chi connectivity index (χ2v) is 4.43. The quantitative estimate of drug-likeness (QED) is 0.469. The fourth-order valence-corrected chi connectivity index (χ4v) is 2.08. The van der Waals surface area contributed by atoms with Gasteiger partial charge in [0.15, 0.2) is 0 Å². The van der Waals surface area contributed by atoms with Crippen molar-refractivity contribution in [1.29, 1.82) is 0 Å². The molecule has 1 fully saturated rings. The lowest BCUT2D eigenvalue weighted by atomic mass is 10.2. The largest absolute Gasteiger partial charge is 0.297 e. The number of para-hydroxylation sites is 1. The van der Waals surface area contributed by atoms with Crippen LogP contribution in [0.25, 0.3) is 0 Å². The van der Waals surface area contributed by atoms with Crippen molar-refractivity contribution in [2.75, 3.05) is 13.1 Å². The minimum atomic E-state index is -0.371. The summed E-state index contributed by atoms with van der Waals surface area (Å²) in [5.41, 5.74) is 0.669. The van der Waals surface area contributed by atoms with Gasteiger partial charge >= 0.3 is 0 Å². The summed E-state index contributed by atoms with van der Waals surface area (Å²) in [5, 5.41) is 17.2. The molecule has 18 heavy (non-hydrogen) atoms. The molecule has 96 valence electrons. The van der Waals surface area contributed by atoms with Crippen molar-refractivity contribution in [3.05, 3.63) is 39.9 Å². The van der Waals surface area contributed by atoms with Gasteiger partial charge in [0.25, 0.3) is 5.69 Å². The molecule has 0 bridgehead atoms. The van der Waals surface area contributed by atoms with E-state index in [0.717, 1.165) is 25.9 Å². The van der Waals surface area contributed by atoms with Crippen LogP contribution in [0.3, 0.4) is 0 Å². The van der Waals surface area contributed by atoms with Crippen molar-refractivity contribution in [3.8, 4) is 0 Å². The normalized spacial score (nSPS) is 16.8. The first-order valence-electron chi connectivity index (χ1n) is 6.30. The molecular weight excluding hydrogens is 230 g/mol. The van der Waals surface area contributed by atoms with E-state index >= 15 is 0 Å². The molecule has 0 aliphatic carbocycles. The zero-order chi connectivity index (χ0) is 12.8. The summed E-state index contributed by atoms with van der Waals surface area (Å²) < 4.78 is 0. The van der Waals surface area contributed by atoms with Crippen LogP contribution >= 0.6 is 0 Å². The Morgan fingerprint density at radius 3 is 2.50 bits per heavy atom. The molecule has 1 aromatic rings. The van der Waals surface area contributed by atoms with Crippen LogP contribution in [0.4, 0.5) is 5.69 Å². The fraction of sp³-hybridized carbons (Fsp3) is 0.462. The second-order valence-electron chi connectivity index (χ2n) is 4.43. The van der Waals surface area contributed by atoms with E-state index in [9.17, 15) is 10.1 Å². The van der Waals surface area contributed by atoms with Gasteiger partial charge in [-0.3, -0.25) is 15.1 Å². The standard InChI is InChI=1S/C13H17N3O2/c17-16(18)13-8-4-3-7-12(13)11-14-15-9-5-1-2-6-10-15/h3-4,7-8,11H,1-2,5-6,9-10H2/b14-11+. The van der Waals surface area contributed by atoms with Gasteiger partial charge in [-0.2, -0.15) is 5.10 Å². The molecule has 0 radical (unpaired) electrons. The molecule has 0 unspecified atom stereocenters. The van der Waals surface area contributed by atoms with Crippen molar-refractivity contribution in [2.24, 2.45) is 5.10 Å². The van der Waals surface area contributed by atoms with Gasteiger partial charge in [0, 0.05) is 19.2 Å². The molecule has 1 aromatic carbocycles. The highest BCUT2D eigenvalue weighted by atomic mass is 16.6. The molecule has 1 saturated heterocycles. The highest BCUT2D eigenvalue weighted by molar-refractivity contribution is 5.84. The summed E-state index contributed by atoms with van der Waals surface area (Å²) in [5.74, 6) is 0. The minimum absolute atomic E-state index is 0.107. The van der Waals surface area contributed by atoms with E-state index in [1.807, 2.05) is 5.01 Å². The van der Waals surface area contributed by atoms with Crippen molar-refractivity contribution >= 4 is 11.9 Å². The average molecular weight is 247 g/mol. The zero-order valence-electron chi connectivity index (χ0n) is 10.3. The molecule has 0 amide bonds. The molecule has 1 aliphatic rings. The summed E-state index contributed by atoms with van der Waals surface area (Å²) in [4.78, 5) is 10.5. The number of hydrogen-bond acceptors (Lipinski definition) is 4. The highest BCUT2D eigenvalue weighted by Crippen LogP contribution is 2.16. The van der Waals surface area contributed by atoms with Gasteiger partial charge in [-0.1, -0.05) is 25.0 Å². The molecule has 0 N–H and O–H groups in total. The lowest BCUT2D eigenvalue weighted by molar-refractivity contribution is -0.385. The van der Waals surface area contributed by atoms with Crippen LogP contribution in [0.1, 0.15) is 31.2 Å². The molecule has 5 heteroatoms. The van der Waals surface area contributed by atoms with Crippen LogP contribution in [-0.4, -0.2) is 29.2 Å². The summed E-state index contributed by atoms with van der Waals surface area (Å²) in [7, 11) is 0. The number of rotatable bonds is 3. The van der Waals surface area contributed by atoms with E-state index in [1.54, 1.807) is 24.4 Å². The number of nitrogens with zero attached hydrogens (tertiary/aromatic N) is 3. The van der Waals surface area contributed by atoms with Gasteiger partial charge in [0.05, 0.1) is 16.7 Å². The van der Waals surface area contributed by atoms with Crippen molar-refractivity contribution < 1.29 is 4.92 Å². The lowest BCUT2D eigenvalue weighted by Crippen LogP contribution is -2.18. The third-order valence-electron chi connectivity index (χ3n) is 3.08. The lowest BCUT2D eigenvalue weighted by Gasteiger charge is -2.15. The van der Waals surface area contributed by atoms with E-state index in [-0.39, 0.29) is 10.6 Å². The number of hydrogen-bond donors (Lipinski definition) is 0. The van der Waals surface area contributed by atoms with Gasteiger partial charge in [-0.05, 0) is 18.9 Å². The summed E-state index contributed by atoms with van der Waals surface area (Å²) in [6, 6.07) is 6.68. The smallest absolute Gasteiger partial charge is 0.278 e.